The van der Waals surface area contributed by atoms with E-state index in [0.717, 1.165) is 23.0 Å². The third-order valence-corrected chi connectivity index (χ3v) is 5.91. The number of anilines is 1. The van der Waals surface area contributed by atoms with Gasteiger partial charge in [0.15, 0.2) is 0 Å². The van der Waals surface area contributed by atoms with Crippen molar-refractivity contribution in [2.24, 2.45) is 0 Å². The van der Waals surface area contributed by atoms with E-state index in [4.69, 9.17) is 9.92 Å². The summed E-state index contributed by atoms with van der Waals surface area (Å²) in [5.74, 6) is 0.358. The lowest BCUT2D eigenvalue weighted by molar-refractivity contribution is -0.107. The lowest BCUT2D eigenvalue weighted by Gasteiger charge is -2.30. The summed E-state index contributed by atoms with van der Waals surface area (Å²) >= 11 is 0. The smallest absolute Gasteiger partial charge is 0.339 e. The SMILES string of the molecule is CC(C)(C)c1cc(CCC=O)cc(C(C)(C)C)c1OS(=O)(=O)c1ccc(N)cc1. The molecule has 0 unspecified atom stereocenters. The van der Waals surface area contributed by atoms with E-state index in [-0.39, 0.29) is 15.7 Å². The average Bonchev–Trinajstić information content (AvgIpc) is 2.58. The Bertz CT molecular complexity index is 944. The van der Waals surface area contributed by atoms with Crippen LogP contribution in [-0.2, 0) is 32.2 Å². The van der Waals surface area contributed by atoms with Gasteiger partial charge in [-0.25, -0.2) is 0 Å². The van der Waals surface area contributed by atoms with Gasteiger partial charge in [0.1, 0.15) is 16.9 Å². The van der Waals surface area contributed by atoms with E-state index in [1.807, 2.05) is 53.7 Å². The molecule has 5 nitrogen and oxygen atoms in total. The molecule has 158 valence electrons. The van der Waals surface area contributed by atoms with Crippen LogP contribution in [0.3, 0.4) is 0 Å². The fourth-order valence-corrected chi connectivity index (χ4v) is 4.02. The molecule has 2 N–H and O–H groups in total. The highest BCUT2D eigenvalue weighted by Crippen LogP contribution is 2.42. The summed E-state index contributed by atoms with van der Waals surface area (Å²) in [7, 11) is -4.04. The molecule has 2 aromatic carbocycles. The molecule has 0 bridgehead atoms. The van der Waals surface area contributed by atoms with Crippen LogP contribution in [0.4, 0.5) is 5.69 Å². The number of hydrogen-bond acceptors (Lipinski definition) is 5. The van der Waals surface area contributed by atoms with Crippen molar-refractivity contribution in [3.63, 3.8) is 0 Å². The van der Waals surface area contributed by atoms with Crippen molar-refractivity contribution in [2.75, 3.05) is 5.73 Å². The molecular formula is C23H31NO4S. The number of nitrogen functional groups attached to an aromatic ring is 1. The number of nitrogens with two attached hydrogens (primary N) is 1. The molecule has 29 heavy (non-hydrogen) atoms. The zero-order valence-corrected chi connectivity index (χ0v) is 18.9. The Morgan fingerprint density at radius 2 is 1.41 bits per heavy atom. The molecule has 0 amide bonds. The van der Waals surface area contributed by atoms with Crippen molar-refractivity contribution >= 4 is 22.1 Å². The number of hydrogen-bond donors (Lipinski definition) is 1. The van der Waals surface area contributed by atoms with Crippen LogP contribution in [0.5, 0.6) is 5.75 Å². The van der Waals surface area contributed by atoms with Gasteiger partial charge in [-0.2, -0.15) is 8.42 Å². The van der Waals surface area contributed by atoms with Gasteiger partial charge in [-0.05, 0) is 47.1 Å². The first-order valence-electron chi connectivity index (χ1n) is 9.67. The molecule has 0 saturated carbocycles. The molecule has 0 radical (unpaired) electrons. The van der Waals surface area contributed by atoms with E-state index in [1.165, 1.54) is 24.3 Å². The van der Waals surface area contributed by atoms with Gasteiger partial charge in [0.2, 0.25) is 0 Å². The molecule has 0 aliphatic rings. The van der Waals surface area contributed by atoms with Gasteiger partial charge in [0, 0.05) is 23.2 Å². The summed E-state index contributed by atoms with van der Waals surface area (Å²) in [5, 5.41) is 0. The van der Waals surface area contributed by atoms with Crippen LogP contribution >= 0.6 is 0 Å². The highest BCUT2D eigenvalue weighted by Gasteiger charge is 2.31. The number of rotatable bonds is 6. The number of carbonyl (C=O) groups is 1. The third-order valence-electron chi connectivity index (χ3n) is 4.68. The first kappa shape index (κ1) is 22.9. The predicted molar refractivity (Wildman–Crippen MR) is 117 cm³/mol. The first-order valence-corrected chi connectivity index (χ1v) is 11.1. The largest absolute Gasteiger partial charge is 0.399 e. The van der Waals surface area contributed by atoms with E-state index in [0.29, 0.717) is 24.3 Å². The van der Waals surface area contributed by atoms with Crippen molar-refractivity contribution in [3.8, 4) is 5.75 Å². The van der Waals surface area contributed by atoms with Crippen LogP contribution in [0.1, 0.15) is 64.7 Å². The van der Waals surface area contributed by atoms with Gasteiger partial charge >= 0.3 is 10.1 Å². The monoisotopic (exact) mass is 417 g/mol. The zero-order chi connectivity index (χ0) is 22.0. The van der Waals surface area contributed by atoms with Crippen LogP contribution in [0.15, 0.2) is 41.3 Å². The highest BCUT2D eigenvalue weighted by molar-refractivity contribution is 7.87. The first-order chi connectivity index (χ1) is 13.3. The maximum atomic E-state index is 13.0. The number of benzene rings is 2. The molecule has 0 aliphatic heterocycles. The molecule has 0 saturated heterocycles. The number of carbonyl (C=O) groups excluding carboxylic acids is 1. The second-order valence-electron chi connectivity index (χ2n) is 9.33. The van der Waals surface area contributed by atoms with Crippen LogP contribution in [0.25, 0.3) is 0 Å². The van der Waals surface area contributed by atoms with Crippen molar-refractivity contribution < 1.29 is 17.4 Å². The fraction of sp³-hybridized carbons (Fsp3) is 0.435. The lowest BCUT2D eigenvalue weighted by atomic mass is 9.78. The van der Waals surface area contributed by atoms with Gasteiger partial charge in [-0.1, -0.05) is 53.7 Å². The zero-order valence-electron chi connectivity index (χ0n) is 18.1. The second-order valence-corrected chi connectivity index (χ2v) is 10.9. The van der Waals surface area contributed by atoms with Crippen molar-refractivity contribution in [2.45, 2.75) is 70.1 Å². The molecule has 2 rings (SSSR count). The Morgan fingerprint density at radius 3 is 1.83 bits per heavy atom. The summed E-state index contributed by atoms with van der Waals surface area (Å²) in [6.45, 7) is 12.1. The highest BCUT2D eigenvalue weighted by atomic mass is 32.2. The minimum Gasteiger partial charge on any atom is -0.399 e. The Morgan fingerprint density at radius 1 is 0.931 bits per heavy atom. The van der Waals surface area contributed by atoms with Crippen molar-refractivity contribution in [1.29, 1.82) is 0 Å². The third kappa shape index (κ3) is 5.60. The summed E-state index contributed by atoms with van der Waals surface area (Å²) in [6.07, 6.45) is 1.90. The van der Waals surface area contributed by atoms with Crippen LogP contribution < -0.4 is 9.92 Å². The second kappa shape index (κ2) is 8.19. The number of aryl methyl sites for hydroxylation is 1. The molecule has 0 heterocycles. The van der Waals surface area contributed by atoms with Gasteiger partial charge in [0.25, 0.3) is 0 Å². The van der Waals surface area contributed by atoms with E-state index >= 15 is 0 Å². The van der Waals surface area contributed by atoms with Crippen molar-refractivity contribution in [3.05, 3.63) is 53.1 Å². The summed E-state index contributed by atoms with van der Waals surface area (Å²) in [4.78, 5) is 10.9. The van der Waals surface area contributed by atoms with E-state index < -0.39 is 10.1 Å². The molecule has 0 aliphatic carbocycles. The maximum absolute atomic E-state index is 13.0. The van der Waals surface area contributed by atoms with Gasteiger partial charge < -0.3 is 14.7 Å². The van der Waals surface area contributed by atoms with Gasteiger partial charge in [0.05, 0.1) is 0 Å². The summed E-state index contributed by atoms with van der Waals surface area (Å²) in [6, 6.07) is 9.86. The molecule has 0 atom stereocenters. The van der Waals surface area contributed by atoms with Gasteiger partial charge in [-0.3, -0.25) is 0 Å². The Kier molecular flexibility index (Phi) is 6.48. The van der Waals surface area contributed by atoms with Crippen molar-refractivity contribution in [1.82, 2.24) is 0 Å². The Hall–Kier alpha value is -2.34. The van der Waals surface area contributed by atoms with Crippen LogP contribution in [0, 0.1) is 0 Å². The minimum atomic E-state index is -4.04. The fourth-order valence-electron chi connectivity index (χ4n) is 3.05. The molecule has 2 aromatic rings. The topological polar surface area (TPSA) is 86.5 Å². The summed E-state index contributed by atoms with van der Waals surface area (Å²) < 4.78 is 31.8. The predicted octanol–water partition coefficient (Wildman–Crippen LogP) is 4.76. The Balaban J connectivity index is 2.70. The molecule has 0 aromatic heterocycles. The molecule has 0 fully saturated rings. The lowest BCUT2D eigenvalue weighted by Crippen LogP contribution is -2.22. The normalized spacial score (nSPS) is 12.6. The van der Waals surface area contributed by atoms with Gasteiger partial charge in [-0.15, -0.1) is 0 Å². The number of aldehydes is 1. The molecular weight excluding hydrogens is 386 g/mol. The minimum absolute atomic E-state index is 0.0523. The Labute approximate surface area is 174 Å². The maximum Gasteiger partial charge on any atom is 0.339 e. The standard InChI is InChI=1S/C23H31NO4S/c1-22(2,3)19-14-16(8-7-13-25)15-20(23(4,5)6)21(19)28-29(26,27)18-11-9-17(24)10-12-18/h9-15H,7-8,24H2,1-6H3. The molecule has 0 spiro atoms. The van der Waals surface area contributed by atoms with E-state index in [2.05, 4.69) is 0 Å². The van der Waals surface area contributed by atoms with E-state index in [1.54, 1.807) is 0 Å². The van der Waals surface area contributed by atoms with E-state index in [9.17, 15) is 13.2 Å². The summed E-state index contributed by atoms with van der Waals surface area (Å²) in [5.41, 5.74) is 8.03. The van der Waals surface area contributed by atoms with Crippen LogP contribution in [0.2, 0.25) is 0 Å². The average molecular weight is 418 g/mol. The molecule has 6 heteroatoms. The quantitative estimate of drug-likeness (QED) is 0.416. The van der Waals surface area contributed by atoms with Crippen LogP contribution in [-0.4, -0.2) is 14.7 Å².